The predicted octanol–water partition coefficient (Wildman–Crippen LogP) is 5.30. The highest BCUT2D eigenvalue weighted by Gasteiger charge is 2.60. The number of nitrogens with one attached hydrogen (secondary N) is 1. The van der Waals surface area contributed by atoms with Gasteiger partial charge in [0, 0.05) is 12.3 Å². The topological polar surface area (TPSA) is 82.5 Å². The van der Waals surface area contributed by atoms with Gasteiger partial charge in [-0.2, -0.15) is 0 Å². The van der Waals surface area contributed by atoms with Crippen molar-refractivity contribution in [1.29, 1.82) is 0 Å². The molecule has 1 aliphatic rings. The molecule has 1 N–H and O–H groups in total. The molecule has 1 fully saturated rings. The van der Waals surface area contributed by atoms with Crippen LogP contribution in [0.2, 0.25) is 23.2 Å². The van der Waals surface area contributed by atoms with Gasteiger partial charge in [-0.3, -0.25) is 14.3 Å². The van der Waals surface area contributed by atoms with E-state index in [-0.39, 0.29) is 16.7 Å². The van der Waals surface area contributed by atoms with E-state index in [9.17, 15) is 9.59 Å². The molecule has 0 radical (unpaired) electrons. The van der Waals surface area contributed by atoms with Crippen LogP contribution in [-0.4, -0.2) is 50.7 Å². The number of aromatic nitrogens is 2. The fraction of sp³-hybridized carbons (Fsp3) is 0.455. The quantitative estimate of drug-likeness (QED) is 0.258. The Labute approximate surface area is 256 Å². The number of ether oxygens (including phenoxy) is 1. The molecule has 1 saturated heterocycles. The second-order valence-corrected chi connectivity index (χ2v) is 22.9. The SMILES string of the molecule is C=C[C@]1(CO[Si](c2ccccc2)(c2ccccc2)C(C)(C)C)O[C@@H](n2ccc(=O)[nH]c2=O)[C@@H](F)[C@@H]1O[Si](C)(C)C(C)(C)C. The third kappa shape index (κ3) is 6.08. The molecule has 2 heterocycles. The van der Waals surface area contributed by atoms with Gasteiger partial charge in [-0.05, 0) is 33.5 Å². The van der Waals surface area contributed by atoms with Crippen LogP contribution in [0, 0.1) is 0 Å². The highest BCUT2D eigenvalue weighted by molar-refractivity contribution is 6.99. The standard InChI is InChI=1S/C33H45FN2O5Si2/c1-10-33(23-39-43(32(5,6)7,24-17-13-11-14-18-24)25-19-15-12-16-20-25)28(41-42(8,9)31(2,3)4)27(34)29(40-33)36-22-21-26(37)35-30(36)38/h10-22,27-29H,1,23H2,2-9H3,(H,35,37,38)/t27-,28-,29+,33+/m0/s1. The Balaban J connectivity index is 1.88. The number of hydrogen-bond donors (Lipinski definition) is 1. The molecule has 4 rings (SSSR count). The molecular weight excluding hydrogens is 580 g/mol. The van der Waals surface area contributed by atoms with Gasteiger partial charge in [-0.25, -0.2) is 9.18 Å². The number of aromatic amines is 1. The summed E-state index contributed by atoms with van der Waals surface area (Å²) in [7, 11) is -5.62. The molecule has 0 bridgehead atoms. The number of rotatable bonds is 9. The van der Waals surface area contributed by atoms with E-state index in [1.54, 1.807) is 6.08 Å². The molecule has 7 nitrogen and oxygen atoms in total. The highest BCUT2D eigenvalue weighted by Crippen LogP contribution is 2.47. The molecule has 10 heteroatoms. The van der Waals surface area contributed by atoms with Crippen LogP contribution in [0.5, 0.6) is 0 Å². The smallest absolute Gasteiger partial charge is 0.330 e. The fourth-order valence-electron chi connectivity index (χ4n) is 5.59. The van der Waals surface area contributed by atoms with Crippen molar-refractivity contribution in [1.82, 2.24) is 9.55 Å². The van der Waals surface area contributed by atoms with Crippen LogP contribution in [0.1, 0.15) is 47.8 Å². The molecule has 3 aromatic rings. The van der Waals surface area contributed by atoms with Crippen LogP contribution in [-0.2, 0) is 13.6 Å². The molecule has 0 aliphatic carbocycles. The maximum absolute atomic E-state index is 16.7. The first-order valence-corrected chi connectivity index (χ1v) is 19.5. The van der Waals surface area contributed by atoms with E-state index in [0.717, 1.165) is 14.9 Å². The van der Waals surface area contributed by atoms with Crippen molar-refractivity contribution in [2.24, 2.45) is 0 Å². The number of benzene rings is 2. The summed E-state index contributed by atoms with van der Waals surface area (Å²) in [6.07, 6.45) is -1.41. The third-order valence-electron chi connectivity index (χ3n) is 9.01. The molecule has 232 valence electrons. The fourth-order valence-corrected chi connectivity index (χ4v) is 11.5. The zero-order chi connectivity index (χ0) is 31.8. The van der Waals surface area contributed by atoms with Crippen LogP contribution < -0.4 is 21.6 Å². The Morgan fingerprint density at radius 1 is 0.953 bits per heavy atom. The van der Waals surface area contributed by atoms with Gasteiger partial charge in [0.05, 0.1) is 6.61 Å². The van der Waals surface area contributed by atoms with E-state index in [0.29, 0.717) is 0 Å². The van der Waals surface area contributed by atoms with Crippen molar-refractivity contribution in [2.45, 2.75) is 88.8 Å². The second-order valence-electron chi connectivity index (χ2n) is 13.9. The minimum atomic E-state index is -3.06. The zero-order valence-corrected chi connectivity index (χ0v) is 28.5. The molecule has 0 saturated carbocycles. The van der Waals surface area contributed by atoms with Crippen molar-refractivity contribution >= 4 is 27.0 Å². The van der Waals surface area contributed by atoms with E-state index in [2.05, 4.69) is 90.5 Å². The van der Waals surface area contributed by atoms with Gasteiger partial charge in [0.25, 0.3) is 13.9 Å². The molecular formula is C33H45FN2O5Si2. The first kappa shape index (κ1) is 33.0. The third-order valence-corrected chi connectivity index (χ3v) is 18.5. The van der Waals surface area contributed by atoms with Crippen molar-refractivity contribution < 1.29 is 18.0 Å². The number of alkyl halides is 1. The lowest BCUT2D eigenvalue weighted by molar-refractivity contribution is -0.0929. The van der Waals surface area contributed by atoms with Gasteiger partial charge in [-0.1, -0.05) is 108 Å². The number of halogens is 1. The molecule has 2 aromatic carbocycles. The minimum Gasteiger partial charge on any atom is -0.407 e. The average molecular weight is 625 g/mol. The van der Waals surface area contributed by atoms with Crippen molar-refractivity contribution in [3.63, 3.8) is 0 Å². The Morgan fingerprint density at radius 3 is 1.93 bits per heavy atom. The van der Waals surface area contributed by atoms with Crippen molar-refractivity contribution in [3.8, 4) is 0 Å². The van der Waals surface area contributed by atoms with E-state index in [4.69, 9.17) is 13.6 Å². The lowest BCUT2D eigenvalue weighted by Crippen LogP contribution is -2.68. The summed E-state index contributed by atoms with van der Waals surface area (Å²) in [6.45, 7) is 20.9. The second kappa shape index (κ2) is 11.9. The van der Waals surface area contributed by atoms with Crippen LogP contribution in [0.3, 0.4) is 0 Å². The molecule has 4 atom stereocenters. The van der Waals surface area contributed by atoms with E-state index >= 15 is 4.39 Å². The zero-order valence-electron chi connectivity index (χ0n) is 26.5. The molecule has 0 spiro atoms. The molecule has 0 amide bonds. The first-order chi connectivity index (χ1) is 20.0. The summed E-state index contributed by atoms with van der Waals surface area (Å²) in [5.41, 5.74) is -2.78. The monoisotopic (exact) mass is 624 g/mol. The molecule has 1 aliphatic heterocycles. The lowest BCUT2D eigenvalue weighted by atomic mass is 9.97. The summed E-state index contributed by atoms with van der Waals surface area (Å²) in [4.78, 5) is 26.8. The summed E-state index contributed by atoms with van der Waals surface area (Å²) in [5, 5.41) is 1.57. The highest BCUT2D eigenvalue weighted by atomic mass is 28.4. The van der Waals surface area contributed by atoms with Crippen molar-refractivity contribution in [3.05, 3.63) is 106 Å². The molecule has 43 heavy (non-hydrogen) atoms. The Morgan fingerprint density at radius 2 is 1.49 bits per heavy atom. The van der Waals surface area contributed by atoms with E-state index in [1.807, 2.05) is 36.4 Å². The van der Waals surface area contributed by atoms with Crippen LogP contribution >= 0.6 is 0 Å². The maximum atomic E-state index is 16.7. The lowest BCUT2D eigenvalue weighted by Gasteiger charge is -2.46. The number of nitrogens with zero attached hydrogens (tertiary/aromatic N) is 1. The Bertz CT molecular complexity index is 1490. The van der Waals surface area contributed by atoms with E-state index < -0.39 is 52.0 Å². The summed E-state index contributed by atoms with van der Waals surface area (Å²) < 4.78 is 38.3. The Hall–Kier alpha value is -2.90. The number of hydrogen-bond acceptors (Lipinski definition) is 5. The van der Waals surface area contributed by atoms with Crippen molar-refractivity contribution in [2.75, 3.05) is 6.61 Å². The largest absolute Gasteiger partial charge is 0.407 e. The van der Waals surface area contributed by atoms with Gasteiger partial charge < -0.3 is 13.6 Å². The molecule has 0 unspecified atom stereocenters. The summed E-state index contributed by atoms with van der Waals surface area (Å²) >= 11 is 0. The van der Waals surface area contributed by atoms with Gasteiger partial charge in [0.2, 0.25) is 0 Å². The minimum absolute atomic E-state index is 0.0574. The Kier molecular flexibility index (Phi) is 9.13. The van der Waals surface area contributed by atoms with Crippen LogP contribution in [0.4, 0.5) is 4.39 Å². The van der Waals surface area contributed by atoms with Gasteiger partial charge in [0.1, 0.15) is 11.7 Å². The van der Waals surface area contributed by atoms with Gasteiger partial charge >= 0.3 is 5.69 Å². The van der Waals surface area contributed by atoms with Gasteiger partial charge in [-0.15, -0.1) is 6.58 Å². The van der Waals surface area contributed by atoms with Crippen LogP contribution in [0.25, 0.3) is 0 Å². The van der Waals surface area contributed by atoms with E-state index in [1.165, 1.54) is 12.3 Å². The predicted molar refractivity (Wildman–Crippen MR) is 175 cm³/mol. The van der Waals surface area contributed by atoms with Crippen LogP contribution in [0.15, 0.2) is 95.2 Å². The number of H-pyrrole nitrogens is 1. The molecule has 1 aromatic heterocycles. The average Bonchev–Trinajstić information content (AvgIpc) is 3.20. The normalized spacial score (nSPS) is 23.3. The van der Waals surface area contributed by atoms with Gasteiger partial charge in [0.15, 0.2) is 20.7 Å². The summed E-state index contributed by atoms with van der Waals surface area (Å²) in [6, 6.07) is 21.5. The maximum Gasteiger partial charge on any atom is 0.330 e. The first-order valence-electron chi connectivity index (χ1n) is 14.7. The summed E-state index contributed by atoms with van der Waals surface area (Å²) in [5.74, 6) is 0.